The minimum atomic E-state index is -0.211. The summed E-state index contributed by atoms with van der Waals surface area (Å²) in [5.74, 6) is 0.949. The van der Waals surface area contributed by atoms with Crippen LogP contribution in [0, 0.1) is 0 Å². The van der Waals surface area contributed by atoms with Gasteiger partial charge < -0.3 is 15.4 Å². The van der Waals surface area contributed by atoms with Crippen LogP contribution in [0.4, 0.5) is 0 Å². The number of carbonyl (C=O) groups excluding carboxylic acids is 2. The van der Waals surface area contributed by atoms with Crippen LogP contribution in [-0.2, 0) is 13.0 Å². The van der Waals surface area contributed by atoms with Gasteiger partial charge in [-0.05, 0) is 60.6 Å². The first-order valence-electron chi connectivity index (χ1n) is 12.8. The standard InChI is InChI=1S/C29H35N3O3S/c1-4-20-9-11-22(12-10-20)28(33)31-24-7-5-6-8-25(24)32-29(34)26-18-36-27(30-26)17-35-23-15-13-21(14-16-23)19(2)3/h9-16,18-19,24-25H,4-8,17H2,1-3H3,(H,31,33)(H,32,34). The fourth-order valence-corrected chi connectivity index (χ4v) is 5.12. The first-order chi connectivity index (χ1) is 17.4. The van der Waals surface area contributed by atoms with Gasteiger partial charge in [-0.25, -0.2) is 4.98 Å². The third-order valence-corrected chi connectivity index (χ3v) is 7.54. The van der Waals surface area contributed by atoms with Crippen LogP contribution in [0.5, 0.6) is 5.75 Å². The van der Waals surface area contributed by atoms with Crippen LogP contribution in [0.25, 0.3) is 0 Å². The zero-order valence-electron chi connectivity index (χ0n) is 21.3. The second-order valence-corrected chi connectivity index (χ2v) is 10.6. The number of carbonyl (C=O) groups is 2. The highest BCUT2D eigenvalue weighted by Gasteiger charge is 2.29. The molecule has 2 N–H and O–H groups in total. The fourth-order valence-electron chi connectivity index (χ4n) is 4.44. The Bertz CT molecular complexity index is 1160. The maximum atomic E-state index is 13.0. The molecule has 0 radical (unpaired) electrons. The molecule has 0 bridgehead atoms. The highest BCUT2D eigenvalue weighted by molar-refractivity contribution is 7.09. The molecule has 1 aromatic heterocycles. The lowest BCUT2D eigenvalue weighted by Gasteiger charge is -2.32. The summed E-state index contributed by atoms with van der Waals surface area (Å²) < 4.78 is 5.86. The normalized spacial score (nSPS) is 17.6. The van der Waals surface area contributed by atoms with E-state index in [1.807, 2.05) is 36.4 Å². The van der Waals surface area contributed by atoms with E-state index in [1.165, 1.54) is 22.5 Å². The molecule has 7 heteroatoms. The lowest BCUT2D eigenvalue weighted by molar-refractivity contribution is 0.0860. The molecule has 1 fully saturated rings. The summed E-state index contributed by atoms with van der Waals surface area (Å²) in [6.45, 7) is 6.73. The van der Waals surface area contributed by atoms with Crippen molar-refractivity contribution in [3.05, 3.63) is 81.3 Å². The van der Waals surface area contributed by atoms with Gasteiger partial charge in [0.2, 0.25) is 0 Å². The average molecular weight is 506 g/mol. The van der Waals surface area contributed by atoms with Crippen molar-refractivity contribution < 1.29 is 14.3 Å². The molecule has 4 rings (SSSR count). The van der Waals surface area contributed by atoms with Gasteiger partial charge in [0.05, 0.1) is 0 Å². The molecular weight excluding hydrogens is 470 g/mol. The average Bonchev–Trinajstić information content (AvgIpc) is 3.38. The zero-order valence-corrected chi connectivity index (χ0v) is 22.1. The van der Waals surface area contributed by atoms with Crippen molar-refractivity contribution in [3.8, 4) is 5.75 Å². The van der Waals surface area contributed by atoms with Crippen molar-refractivity contribution in [1.82, 2.24) is 15.6 Å². The highest BCUT2D eigenvalue weighted by atomic mass is 32.1. The lowest BCUT2D eigenvalue weighted by atomic mass is 9.90. The van der Waals surface area contributed by atoms with Crippen LogP contribution in [0.2, 0.25) is 0 Å². The smallest absolute Gasteiger partial charge is 0.271 e. The molecule has 3 aromatic rings. The molecular formula is C29H35N3O3S. The van der Waals surface area contributed by atoms with Gasteiger partial charge in [-0.1, -0.05) is 57.9 Å². The predicted molar refractivity (Wildman–Crippen MR) is 144 cm³/mol. The van der Waals surface area contributed by atoms with Crippen molar-refractivity contribution in [2.75, 3.05) is 0 Å². The SMILES string of the molecule is CCc1ccc(C(=O)NC2CCCCC2NC(=O)c2csc(COc3ccc(C(C)C)cc3)n2)cc1. The lowest BCUT2D eigenvalue weighted by Crippen LogP contribution is -2.53. The Hall–Kier alpha value is -3.19. The number of aromatic nitrogens is 1. The summed E-state index contributed by atoms with van der Waals surface area (Å²) in [5.41, 5.74) is 3.50. The third-order valence-electron chi connectivity index (χ3n) is 6.72. The fraction of sp³-hybridized carbons (Fsp3) is 0.414. The second-order valence-electron chi connectivity index (χ2n) is 9.63. The quantitative estimate of drug-likeness (QED) is 0.381. The summed E-state index contributed by atoms with van der Waals surface area (Å²) in [7, 11) is 0. The largest absolute Gasteiger partial charge is 0.486 e. The number of ether oxygens (including phenoxy) is 1. The van der Waals surface area contributed by atoms with Crippen molar-refractivity contribution in [1.29, 1.82) is 0 Å². The van der Waals surface area contributed by atoms with Gasteiger partial charge in [0, 0.05) is 23.0 Å². The third kappa shape index (κ3) is 6.72. The number of nitrogens with one attached hydrogen (secondary N) is 2. The molecule has 1 saturated carbocycles. The van der Waals surface area contributed by atoms with E-state index in [0.29, 0.717) is 23.8 Å². The summed E-state index contributed by atoms with van der Waals surface area (Å²) in [5, 5.41) is 8.77. The van der Waals surface area contributed by atoms with E-state index in [2.05, 4.69) is 48.5 Å². The van der Waals surface area contributed by atoms with E-state index in [1.54, 1.807) is 5.38 Å². The van der Waals surface area contributed by atoms with Crippen LogP contribution in [0.15, 0.2) is 53.9 Å². The minimum absolute atomic E-state index is 0.0988. The van der Waals surface area contributed by atoms with Crippen molar-refractivity contribution in [2.24, 2.45) is 0 Å². The van der Waals surface area contributed by atoms with E-state index < -0.39 is 0 Å². The number of rotatable bonds is 9. The molecule has 0 aliphatic heterocycles. The van der Waals surface area contributed by atoms with Crippen LogP contribution in [-0.4, -0.2) is 28.9 Å². The van der Waals surface area contributed by atoms with Crippen LogP contribution < -0.4 is 15.4 Å². The van der Waals surface area contributed by atoms with Gasteiger partial charge in [-0.2, -0.15) is 0 Å². The summed E-state index contributed by atoms with van der Waals surface area (Å²) >= 11 is 1.41. The highest BCUT2D eigenvalue weighted by Crippen LogP contribution is 2.22. The molecule has 1 heterocycles. The van der Waals surface area contributed by atoms with E-state index in [9.17, 15) is 9.59 Å². The number of thiazole rings is 1. The van der Waals surface area contributed by atoms with Crippen molar-refractivity contribution in [2.45, 2.75) is 77.5 Å². The van der Waals surface area contributed by atoms with Gasteiger partial charge in [0.15, 0.2) is 0 Å². The van der Waals surface area contributed by atoms with Gasteiger partial charge in [-0.15, -0.1) is 11.3 Å². The number of nitrogens with zero attached hydrogens (tertiary/aromatic N) is 1. The Kier molecular flexibility index (Phi) is 8.75. The molecule has 2 aromatic carbocycles. The monoisotopic (exact) mass is 505 g/mol. The van der Waals surface area contributed by atoms with E-state index in [4.69, 9.17) is 4.74 Å². The molecule has 6 nitrogen and oxygen atoms in total. The van der Waals surface area contributed by atoms with Crippen LogP contribution >= 0.6 is 11.3 Å². The second kappa shape index (κ2) is 12.2. The molecule has 2 atom stereocenters. The molecule has 2 unspecified atom stereocenters. The molecule has 0 saturated heterocycles. The maximum absolute atomic E-state index is 13.0. The number of aryl methyl sites for hydroxylation is 1. The first kappa shape index (κ1) is 25.9. The number of hydrogen-bond acceptors (Lipinski definition) is 5. The Balaban J connectivity index is 1.32. The molecule has 1 aliphatic rings. The number of hydrogen-bond donors (Lipinski definition) is 2. The topological polar surface area (TPSA) is 80.3 Å². The van der Waals surface area contributed by atoms with Crippen molar-refractivity contribution in [3.63, 3.8) is 0 Å². The molecule has 0 spiro atoms. The Morgan fingerprint density at radius 2 is 1.61 bits per heavy atom. The Morgan fingerprint density at radius 3 is 2.22 bits per heavy atom. The molecule has 1 aliphatic carbocycles. The van der Waals surface area contributed by atoms with Crippen LogP contribution in [0.3, 0.4) is 0 Å². The summed E-state index contributed by atoms with van der Waals surface area (Å²) in [6.07, 6.45) is 4.67. The molecule has 36 heavy (non-hydrogen) atoms. The predicted octanol–water partition coefficient (Wildman–Crippen LogP) is 5.88. The minimum Gasteiger partial charge on any atom is -0.486 e. The summed E-state index contributed by atoms with van der Waals surface area (Å²) in [6, 6.07) is 15.5. The van der Waals surface area contributed by atoms with E-state index >= 15 is 0 Å². The maximum Gasteiger partial charge on any atom is 0.271 e. The van der Waals surface area contributed by atoms with Crippen molar-refractivity contribution >= 4 is 23.2 Å². The number of amides is 2. The van der Waals surface area contributed by atoms with Gasteiger partial charge >= 0.3 is 0 Å². The summed E-state index contributed by atoms with van der Waals surface area (Å²) in [4.78, 5) is 30.2. The Morgan fingerprint density at radius 1 is 0.972 bits per heavy atom. The zero-order chi connectivity index (χ0) is 25.5. The van der Waals surface area contributed by atoms with Gasteiger partial charge in [0.1, 0.15) is 23.1 Å². The van der Waals surface area contributed by atoms with E-state index in [0.717, 1.165) is 42.9 Å². The van der Waals surface area contributed by atoms with Gasteiger partial charge in [-0.3, -0.25) is 9.59 Å². The first-order valence-corrected chi connectivity index (χ1v) is 13.7. The number of benzene rings is 2. The Labute approximate surface area is 217 Å². The molecule has 2 amide bonds. The van der Waals surface area contributed by atoms with E-state index in [-0.39, 0.29) is 23.9 Å². The van der Waals surface area contributed by atoms with Gasteiger partial charge in [0.25, 0.3) is 11.8 Å². The van der Waals surface area contributed by atoms with Crippen LogP contribution in [0.1, 0.15) is 89.4 Å². The molecule has 190 valence electrons.